The molecule has 3 rings (SSSR count). The number of hydrogen-bond donors (Lipinski definition) is 1. The van der Waals surface area contributed by atoms with Crippen molar-refractivity contribution < 1.29 is 14.5 Å². The first kappa shape index (κ1) is 13.3. The maximum Gasteiger partial charge on any atom is 0.288 e. The van der Waals surface area contributed by atoms with Crippen LogP contribution in [0.15, 0.2) is 30.3 Å². The van der Waals surface area contributed by atoms with Crippen molar-refractivity contribution in [3.63, 3.8) is 0 Å². The molecule has 0 saturated carbocycles. The van der Waals surface area contributed by atoms with Gasteiger partial charge in [0.15, 0.2) is 6.04 Å². The topological polar surface area (TPSA) is 41.8 Å². The Morgan fingerprint density at radius 3 is 2.45 bits per heavy atom. The summed E-state index contributed by atoms with van der Waals surface area (Å²) < 4.78 is 0. The van der Waals surface area contributed by atoms with E-state index in [1.807, 2.05) is 30.3 Å². The lowest BCUT2D eigenvalue weighted by Crippen LogP contribution is -3.17. The summed E-state index contributed by atoms with van der Waals surface area (Å²) in [5.41, 5.74) is 1.02. The standard InChI is InChI=1S/C16H20N2O2/c19-15-11-14(17-9-5-2-6-10-17)16(20)18(15)12-13-7-3-1-4-8-13/h1,3-4,7-8,14H,2,5-6,9-12H2/p+1/t14-/m0/s1. The molecule has 1 N–H and O–H groups in total. The second kappa shape index (κ2) is 5.75. The van der Waals surface area contributed by atoms with Gasteiger partial charge >= 0.3 is 0 Å². The largest absolute Gasteiger partial charge is 0.324 e. The highest BCUT2D eigenvalue weighted by Gasteiger charge is 2.44. The van der Waals surface area contributed by atoms with Crippen LogP contribution in [-0.2, 0) is 16.1 Å². The smallest absolute Gasteiger partial charge is 0.288 e. The van der Waals surface area contributed by atoms with Gasteiger partial charge in [-0.05, 0) is 24.8 Å². The molecule has 0 aliphatic carbocycles. The summed E-state index contributed by atoms with van der Waals surface area (Å²) in [5, 5.41) is 0. The van der Waals surface area contributed by atoms with Gasteiger partial charge < -0.3 is 4.90 Å². The minimum atomic E-state index is -0.133. The van der Waals surface area contributed by atoms with Crippen LogP contribution in [-0.4, -0.2) is 35.8 Å². The van der Waals surface area contributed by atoms with E-state index in [1.165, 1.54) is 29.1 Å². The van der Waals surface area contributed by atoms with Crippen LogP contribution in [0.3, 0.4) is 0 Å². The Balaban J connectivity index is 1.70. The fraction of sp³-hybridized carbons (Fsp3) is 0.500. The van der Waals surface area contributed by atoms with E-state index in [1.54, 1.807) is 0 Å². The molecule has 0 spiro atoms. The number of piperidine rings is 1. The summed E-state index contributed by atoms with van der Waals surface area (Å²) in [7, 11) is 0. The number of amides is 2. The van der Waals surface area contributed by atoms with Crippen LogP contribution < -0.4 is 4.90 Å². The van der Waals surface area contributed by atoms with Gasteiger partial charge in [-0.1, -0.05) is 30.3 Å². The number of carbonyl (C=O) groups is 2. The molecule has 1 atom stereocenters. The Hall–Kier alpha value is -1.68. The Morgan fingerprint density at radius 1 is 1.05 bits per heavy atom. The molecule has 20 heavy (non-hydrogen) atoms. The molecule has 4 heteroatoms. The highest BCUT2D eigenvalue weighted by atomic mass is 16.2. The molecule has 2 aliphatic heterocycles. The number of carbonyl (C=O) groups excluding carboxylic acids is 2. The van der Waals surface area contributed by atoms with Gasteiger partial charge in [0.25, 0.3) is 5.91 Å². The van der Waals surface area contributed by atoms with Crippen LogP contribution >= 0.6 is 0 Å². The zero-order chi connectivity index (χ0) is 13.9. The van der Waals surface area contributed by atoms with Crippen molar-refractivity contribution in [2.24, 2.45) is 0 Å². The van der Waals surface area contributed by atoms with Crippen LogP contribution in [0.2, 0.25) is 0 Å². The number of benzene rings is 1. The van der Waals surface area contributed by atoms with Crippen molar-refractivity contribution in [3.8, 4) is 0 Å². The van der Waals surface area contributed by atoms with Crippen molar-refractivity contribution >= 4 is 11.8 Å². The van der Waals surface area contributed by atoms with E-state index in [0.717, 1.165) is 18.7 Å². The Morgan fingerprint density at radius 2 is 1.75 bits per heavy atom. The number of imide groups is 1. The van der Waals surface area contributed by atoms with Gasteiger partial charge in [0, 0.05) is 0 Å². The van der Waals surface area contributed by atoms with Gasteiger partial charge in [-0.2, -0.15) is 0 Å². The molecular weight excluding hydrogens is 252 g/mol. The minimum absolute atomic E-state index is 0.0121. The molecule has 2 fully saturated rings. The van der Waals surface area contributed by atoms with Gasteiger partial charge in [0.2, 0.25) is 5.91 Å². The number of nitrogens with one attached hydrogen (secondary N) is 1. The highest BCUT2D eigenvalue weighted by Crippen LogP contribution is 2.15. The predicted octanol–water partition coefficient (Wildman–Crippen LogP) is 0.383. The van der Waals surface area contributed by atoms with Crippen molar-refractivity contribution in [1.29, 1.82) is 0 Å². The lowest BCUT2D eigenvalue weighted by molar-refractivity contribution is -0.919. The highest BCUT2D eigenvalue weighted by molar-refractivity contribution is 6.04. The van der Waals surface area contributed by atoms with Crippen molar-refractivity contribution in [1.82, 2.24) is 4.90 Å². The van der Waals surface area contributed by atoms with Crippen molar-refractivity contribution in [2.75, 3.05) is 13.1 Å². The van der Waals surface area contributed by atoms with Gasteiger partial charge in [-0.25, -0.2) is 0 Å². The van der Waals surface area contributed by atoms with Crippen LogP contribution in [0.25, 0.3) is 0 Å². The monoisotopic (exact) mass is 273 g/mol. The van der Waals surface area contributed by atoms with Crippen LogP contribution in [0.5, 0.6) is 0 Å². The third-order valence-corrected chi connectivity index (χ3v) is 4.42. The van der Waals surface area contributed by atoms with Crippen LogP contribution in [0.4, 0.5) is 0 Å². The first-order valence-corrected chi connectivity index (χ1v) is 7.48. The molecule has 2 amide bonds. The van der Waals surface area contributed by atoms with E-state index in [2.05, 4.69) is 0 Å². The SMILES string of the molecule is O=C1C[C@H]([NH+]2CCCCC2)C(=O)N1Cc1ccccc1. The van der Waals surface area contributed by atoms with E-state index in [0.29, 0.717) is 13.0 Å². The normalized spacial score (nSPS) is 24.4. The average Bonchev–Trinajstić information content (AvgIpc) is 2.77. The summed E-state index contributed by atoms with van der Waals surface area (Å²) in [5.74, 6) is 0.0117. The molecular formula is C16H21N2O2+. The number of nitrogens with zero attached hydrogens (tertiary/aromatic N) is 1. The third kappa shape index (κ3) is 2.61. The molecule has 0 radical (unpaired) electrons. The lowest BCUT2D eigenvalue weighted by Gasteiger charge is -2.27. The molecule has 1 aromatic rings. The average molecular weight is 273 g/mol. The first-order chi connectivity index (χ1) is 9.75. The molecule has 0 bridgehead atoms. The number of hydrogen-bond acceptors (Lipinski definition) is 2. The number of rotatable bonds is 3. The fourth-order valence-electron chi connectivity index (χ4n) is 3.29. The molecule has 0 aromatic heterocycles. The molecule has 2 heterocycles. The molecule has 1 aromatic carbocycles. The predicted molar refractivity (Wildman–Crippen MR) is 75.0 cm³/mol. The van der Waals surface area contributed by atoms with E-state index in [-0.39, 0.29) is 17.9 Å². The zero-order valence-electron chi connectivity index (χ0n) is 11.7. The van der Waals surface area contributed by atoms with E-state index < -0.39 is 0 Å². The summed E-state index contributed by atoms with van der Waals surface area (Å²) in [6, 6.07) is 9.61. The third-order valence-electron chi connectivity index (χ3n) is 4.42. The van der Waals surface area contributed by atoms with Gasteiger partial charge in [0.1, 0.15) is 0 Å². The first-order valence-electron chi connectivity index (χ1n) is 7.48. The fourth-order valence-corrected chi connectivity index (χ4v) is 3.29. The Labute approximate surface area is 119 Å². The lowest BCUT2D eigenvalue weighted by atomic mass is 10.1. The van der Waals surface area contributed by atoms with Gasteiger partial charge in [-0.3, -0.25) is 14.5 Å². The molecule has 4 nitrogen and oxygen atoms in total. The minimum Gasteiger partial charge on any atom is -0.324 e. The quantitative estimate of drug-likeness (QED) is 0.809. The number of likely N-dealkylation sites (tertiary alicyclic amines) is 2. The Bertz CT molecular complexity index is 494. The molecule has 0 unspecified atom stereocenters. The molecule has 2 saturated heterocycles. The van der Waals surface area contributed by atoms with Crippen LogP contribution in [0, 0.1) is 0 Å². The second-order valence-electron chi connectivity index (χ2n) is 5.78. The summed E-state index contributed by atoms with van der Waals surface area (Å²) in [4.78, 5) is 27.4. The van der Waals surface area contributed by atoms with E-state index in [4.69, 9.17) is 0 Å². The summed E-state index contributed by atoms with van der Waals surface area (Å²) in [6.45, 7) is 2.48. The van der Waals surface area contributed by atoms with Crippen molar-refractivity contribution in [3.05, 3.63) is 35.9 Å². The molecule has 2 aliphatic rings. The zero-order valence-corrected chi connectivity index (χ0v) is 11.7. The van der Waals surface area contributed by atoms with Gasteiger partial charge in [-0.15, -0.1) is 0 Å². The second-order valence-corrected chi connectivity index (χ2v) is 5.78. The van der Waals surface area contributed by atoms with Crippen LogP contribution in [0.1, 0.15) is 31.2 Å². The maximum absolute atomic E-state index is 12.5. The number of quaternary nitrogens is 1. The molecule has 106 valence electrons. The van der Waals surface area contributed by atoms with E-state index >= 15 is 0 Å². The summed E-state index contributed by atoms with van der Waals surface area (Å²) in [6.07, 6.45) is 3.99. The van der Waals surface area contributed by atoms with E-state index in [9.17, 15) is 9.59 Å². The van der Waals surface area contributed by atoms with Crippen molar-refractivity contribution in [2.45, 2.75) is 38.3 Å². The Kier molecular flexibility index (Phi) is 3.83. The summed E-state index contributed by atoms with van der Waals surface area (Å²) >= 11 is 0. The maximum atomic E-state index is 12.5. The van der Waals surface area contributed by atoms with Gasteiger partial charge in [0.05, 0.1) is 26.1 Å².